The summed E-state index contributed by atoms with van der Waals surface area (Å²) in [4.78, 5) is 0. The zero-order valence-electron chi connectivity index (χ0n) is 6.81. The second-order valence-electron chi connectivity index (χ2n) is 3.37. The molecule has 1 heteroatoms. The van der Waals surface area contributed by atoms with Crippen molar-refractivity contribution in [3.63, 3.8) is 0 Å². The molecule has 1 unspecified atom stereocenters. The summed E-state index contributed by atoms with van der Waals surface area (Å²) in [5, 5.41) is 0.590. The molecule has 1 aliphatic rings. The van der Waals surface area contributed by atoms with Crippen molar-refractivity contribution in [1.82, 2.24) is 0 Å². The lowest BCUT2D eigenvalue weighted by Gasteiger charge is -2.15. The van der Waals surface area contributed by atoms with Crippen LogP contribution in [0.3, 0.4) is 0 Å². The Morgan fingerprint density at radius 2 is 2.00 bits per heavy atom. The van der Waals surface area contributed by atoms with Gasteiger partial charge in [0.2, 0.25) is 0 Å². The second-order valence-corrected chi connectivity index (χ2v) is 3.98. The van der Waals surface area contributed by atoms with Crippen LogP contribution in [0.2, 0.25) is 0 Å². The van der Waals surface area contributed by atoms with Crippen molar-refractivity contribution in [2.24, 2.45) is 5.92 Å². The third-order valence-corrected chi connectivity index (χ3v) is 3.12. The average molecular weight is 157 g/mol. The van der Waals surface area contributed by atoms with Crippen LogP contribution in [-0.2, 0) is 0 Å². The van der Waals surface area contributed by atoms with E-state index in [1.165, 1.54) is 38.5 Å². The molecule has 1 rings (SSSR count). The molecule has 0 aromatic carbocycles. The van der Waals surface area contributed by atoms with Gasteiger partial charge in [0.25, 0.3) is 0 Å². The summed E-state index contributed by atoms with van der Waals surface area (Å²) in [6.45, 7) is 2.23. The van der Waals surface area contributed by atoms with Gasteiger partial charge in [0.05, 0.1) is 0 Å². The Labute approximate surface area is 69.8 Å². The summed E-state index contributed by atoms with van der Waals surface area (Å²) < 4.78 is 0. The molecule has 0 heterocycles. The molecule has 0 saturated heterocycles. The Hall–Kier alpha value is 0.350. The van der Waals surface area contributed by atoms with E-state index in [0.717, 1.165) is 5.92 Å². The van der Waals surface area contributed by atoms with E-state index in [4.69, 9.17) is 12.6 Å². The molecule has 1 atom stereocenters. The van der Waals surface area contributed by atoms with E-state index in [1.54, 1.807) is 0 Å². The summed E-state index contributed by atoms with van der Waals surface area (Å²) in [6, 6.07) is 0. The molecule has 0 amide bonds. The number of hydrogen-bond acceptors (Lipinski definition) is 0. The molecule has 1 radical (unpaired) electrons. The Morgan fingerprint density at radius 1 is 1.40 bits per heavy atom. The van der Waals surface area contributed by atoms with Crippen LogP contribution < -0.4 is 0 Å². The van der Waals surface area contributed by atoms with E-state index in [2.05, 4.69) is 6.92 Å². The highest BCUT2D eigenvalue weighted by Gasteiger charge is 2.21. The topological polar surface area (TPSA) is 0 Å². The third-order valence-electron chi connectivity index (χ3n) is 2.50. The summed E-state index contributed by atoms with van der Waals surface area (Å²) in [5.41, 5.74) is 0. The van der Waals surface area contributed by atoms with Crippen molar-refractivity contribution in [2.45, 2.75) is 50.7 Å². The van der Waals surface area contributed by atoms with Gasteiger partial charge in [-0.15, -0.1) is 0 Å². The lowest BCUT2D eigenvalue weighted by Crippen LogP contribution is -2.10. The molecule has 1 saturated carbocycles. The smallest absolute Gasteiger partial charge is 0.0179 e. The standard InChI is InChI=1S/C9H17S/c1-2-5-9(10)8-6-3-4-7-8/h8-9H,2-7H2,1H3. The predicted molar refractivity (Wildman–Crippen MR) is 48.2 cm³/mol. The van der Waals surface area contributed by atoms with Gasteiger partial charge in [0, 0.05) is 5.25 Å². The molecular formula is C9H17S. The molecule has 1 aliphatic carbocycles. The zero-order valence-corrected chi connectivity index (χ0v) is 7.62. The second kappa shape index (κ2) is 4.27. The molecule has 59 valence electrons. The molecule has 0 aromatic rings. The lowest BCUT2D eigenvalue weighted by atomic mass is 10.0. The van der Waals surface area contributed by atoms with Gasteiger partial charge in [-0.2, -0.15) is 0 Å². The Bertz CT molecular complexity index is 84.7. The highest BCUT2D eigenvalue weighted by Crippen LogP contribution is 2.32. The van der Waals surface area contributed by atoms with E-state index in [0.29, 0.717) is 5.25 Å². The van der Waals surface area contributed by atoms with Crippen molar-refractivity contribution in [3.05, 3.63) is 0 Å². The molecular weight excluding hydrogens is 140 g/mol. The maximum Gasteiger partial charge on any atom is 0.0179 e. The first-order valence-electron chi connectivity index (χ1n) is 4.50. The molecule has 0 bridgehead atoms. The summed E-state index contributed by atoms with van der Waals surface area (Å²) in [7, 11) is 0. The van der Waals surface area contributed by atoms with Gasteiger partial charge in [-0.1, -0.05) is 38.8 Å². The van der Waals surface area contributed by atoms with Gasteiger partial charge in [-0.25, -0.2) is 0 Å². The number of hydrogen-bond donors (Lipinski definition) is 0. The Morgan fingerprint density at radius 3 is 2.50 bits per heavy atom. The first-order valence-corrected chi connectivity index (χ1v) is 4.97. The molecule has 0 aliphatic heterocycles. The Kier molecular flexibility index (Phi) is 3.61. The van der Waals surface area contributed by atoms with Crippen LogP contribution in [0.1, 0.15) is 45.4 Å². The number of rotatable bonds is 3. The normalized spacial score (nSPS) is 23.4. The summed E-state index contributed by atoms with van der Waals surface area (Å²) >= 11 is 5.40. The van der Waals surface area contributed by atoms with E-state index < -0.39 is 0 Å². The van der Waals surface area contributed by atoms with Crippen LogP contribution in [0.15, 0.2) is 0 Å². The van der Waals surface area contributed by atoms with Gasteiger partial charge < -0.3 is 0 Å². The van der Waals surface area contributed by atoms with Gasteiger partial charge in [0.15, 0.2) is 0 Å². The summed E-state index contributed by atoms with van der Waals surface area (Å²) in [5.74, 6) is 0.898. The van der Waals surface area contributed by atoms with E-state index in [1.807, 2.05) is 0 Å². The van der Waals surface area contributed by atoms with Gasteiger partial charge in [0.1, 0.15) is 0 Å². The predicted octanol–water partition coefficient (Wildman–Crippen LogP) is 3.54. The molecule has 0 spiro atoms. The largest absolute Gasteiger partial charge is 0.0901 e. The van der Waals surface area contributed by atoms with Crippen molar-refractivity contribution in [2.75, 3.05) is 0 Å². The average Bonchev–Trinajstić information content (AvgIpc) is 2.38. The summed E-state index contributed by atoms with van der Waals surface area (Å²) in [6.07, 6.45) is 8.22. The van der Waals surface area contributed by atoms with Crippen LogP contribution in [-0.4, -0.2) is 5.25 Å². The van der Waals surface area contributed by atoms with Crippen LogP contribution in [0.25, 0.3) is 0 Å². The van der Waals surface area contributed by atoms with Crippen molar-refractivity contribution in [3.8, 4) is 0 Å². The zero-order chi connectivity index (χ0) is 7.40. The van der Waals surface area contributed by atoms with Crippen LogP contribution in [0.4, 0.5) is 0 Å². The highest BCUT2D eigenvalue weighted by molar-refractivity contribution is 7.81. The monoisotopic (exact) mass is 157 g/mol. The van der Waals surface area contributed by atoms with Gasteiger partial charge in [-0.3, -0.25) is 0 Å². The minimum absolute atomic E-state index is 0.590. The molecule has 0 aromatic heterocycles. The highest BCUT2D eigenvalue weighted by atomic mass is 32.1. The maximum atomic E-state index is 5.40. The lowest BCUT2D eigenvalue weighted by molar-refractivity contribution is 0.498. The molecule has 10 heavy (non-hydrogen) atoms. The van der Waals surface area contributed by atoms with Crippen molar-refractivity contribution >= 4 is 12.6 Å². The van der Waals surface area contributed by atoms with Crippen molar-refractivity contribution < 1.29 is 0 Å². The molecule has 0 N–H and O–H groups in total. The first kappa shape index (κ1) is 8.45. The minimum Gasteiger partial charge on any atom is -0.0901 e. The minimum atomic E-state index is 0.590. The van der Waals surface area contributed by atoms with Crippen LogP contribution in [0.5, 0.6) is 0 Å². The van der Waals surface area contributed by atoms with Gasteiger partial charge in [-0.05, 0) is 25.2 Å². The molecule has 1 fully saturated rings. The van der Waals surface area contributed by atoms with E-state index in [9.17, 15) is 0 Å². The third kappa shape index (κ3) is 2.19. The fourth-order valence-electron chi connectivity index (χ4n) is 1.85. The fourth-order valence-corrected chi connectivity index (χ4v) is 2.36. The maximum absolute atomic E-state index is 5.40. The first-order chi connectivity index (χ1) is 4.84. The van der Waals surface area contributed by atoms with E-state index in [-0.39, 0.29) is 0 Å². The SMILES string of the molecule is CCCC([S])C1CCCC1. The van der Waals surface area contributed by atoms with Crippen LogP contribution in [0, 0.1) is 5.92 Å². The fraction of sp³-hybridized carbons (Fsp3) is 1.00. The Balaban J connectivity index is 2.18. The van der Waals surface area contributed by atoms with Crippen molar-refractivity contribution in [1.29, 1.82) is 0 Å². The van der Waals surface area contributed by atoms with Crippen LogP contribution >= 0.6 is 12.6 Å². The van der Waals surface area contributed by atoms with Gasteiger partial charge >= 0.3 is 0 Å². The van der Waals surface area contributed by atoms with E-state index >= 15 is 0 Å². The molecule has 0 nitrogen and oxygen atoms in total. The quantitative estimate of drug-likeness (QED) is 0.588.